The molecular formula is C18H21ClN4O3. The van der Waals surface area contributed by atoms with Crippen LogP contribution in [0.25, 0.3) is 5.69 Å². The van der Waals surface area contributed by atoms with Crippen LogP contribution < -0.4 is 16.2 Å². The van der Waals surface area contributed by atoms with Gasteiger partial charge in [-0.3, -0.25) is 9.59 Å². The summed E-state index contributed by atoms with van der Waals surface area (Å²) in [6.45, 7) is 2.21. The zero-order chi connectivity index (χ0) is 18.5. The third kappa shape index (κ3) is 4.05. The van der Waals surface area contributed by atoms with Crippen LogP contribution in [0.5, 0.6) is 0 Å². The lowest BCUT2D eigenvalue weighted by Crippen LogP contribution is -2.27. The van der Waals surface area contributed by atoms with Crippen LogP contribution in [-0.2, 0) is 4.74 Å². The van der Waals surface area contributed by atoms with Gasteiger partial charge in [0.2, 0.25) is 0 Å². The number of amides is 1. The fraction of sp³-hybridized carbons (Fsp3) is 0.389. The number of rotatable bonds is 5. The molecule has 2 heterocycles. The number of hydrogen-bond donors (Lipinski definition) is 2. The Balaban J connectivity index is 1.76. The predicted octanol–water partition coefficient (Wildman–Crippen LogP) is 2.08. The highest BCUT2D eigenvalue weighted by atomic mass is 35.5. The SMILES string of the molecule is CNC(=O)c1ccc(-n2ncc(NC[C@@H]3CCCOC3)c(Cl)c2=O)cc1. The van der Waals surface area contributed by atoms with Crippen LogP contribution in [0.1, 0.15) is 23.2 Å². The Morgan fingerprint density at radius 3 is 2.81 bits per heavy atom. The third-order valence-electron chi connectivity index (χ3n) is 4.36. The van der Waals surface area contributed by atoms with Crippen molar-refractivity contribution < 1.29 is 9.53 Å². The van der Waals surface area contributed by atoms with Gasteiger partial charge in [0.15, 0.2) is 0 Å². The van der Waals surface area contributed by atoms with Gasteiger partial charge in [0.25, 0.3) is 11.5 Å². The average Bonchev–Trinajstić information content (AvgIpc) is 2.69. The molecule has 138 valence electrons. The molecule has 0 aliphatic carbocycles. The summed E-state index contributed by atoms with van der Waals surface area (Å²) >= 11 is 6.24. The Hall–Kier alpha value is -2.38. The van der Waals surface area contributed by atoms with Crippen molar-refractivity contribution in [2.45, 2.75) is 12.8 Å². The summed E-state index contributed by atoms with van der Waals surface area (Å²) < 4.78 is 6.67. The van der Waals surface area contributed by atoms with Crippen LogP contribution in [0.3, 0.4) is 0 Å². The predicted molar refractivity (Wildman–Crippen MR) is 100 cm³/mol. The maximum atomic E-state index is 12.5. The van der Waals surface area contributed by atoms with Gasteiger partial charge in [0.05, 0.1) is 24.2 Å². The number of ether oxygens (including phenoxy) is 1. The van der Waals surface area contributed by atoms with E-state index in [-0.39, 0.29) is 10.9 Å². The third-order valence-corrected chi connectivity index (χ3v) is 4.72. The van der Waals surface area contributed by atoms with Crippen molar-refractivity contribution in [1.29, 1.82) is 0 Å². The van der Waals surface area contributed by atoms with Crippen LogP contribution >= 0.6 is 11.6 Å². The number of carbonyl (C=O) groups excluding carboxylic acids is 1. The highest BCUT2D eigenvalue weighted by Crippen LogP contribution is 2.19. The topological polar surface area (TPSA) is 85.2 Å². The zero-order valence-electron chi connectivity index (χ0n) is 14.5. The number of aromatic nitrogens is 2. The number of hydrogen-bond acceptors (Lipinski definition) is 5. The molecule has 1 saturated heterocycles. The van der Waals surface area contributed by atoms with E-state index in [1.165, 1.54) is 4.68 Å². The standard InChI is InChI=1S/C18H21ClN4O3/c1-20-17(24)13-4-6-14(7-5-13)23-18(25)16(19)15(10-22-23)21-9-12-3-2-8-26-11-12/h4-7,10,12,21H,2-3,8-9,11H2,1H3,(H,20,24)/t12-/m0/s1. The highest BCUT2D eigenvalue weighted by Gasteiger charge is 2.16. The van der Waals surface area contributed by atoms with E-state index in [2.05, 4.69) is 15.7 Å². The van der Waals surface area contributed by atoms with Crippen LogP contribution in [0.15, 0.2) is 35.3 Å². The molecule has 0 radical (unpaired) electrons. The first kappa shape index (κ1) is 18.4. The van der Waals surface area contributed by atoms with E-state index in [4.69, 9.17) is 16.3 Å². The van der Waals surface area contributed by atoms with Crippen molar-refractivity contribution in [2.24, 2.45) is 5.92 Å². The van der Waals surface area contributed by atoms with Gasteiger partial charge in [-0.2, -0.15) is 9.78 Å². The van der Waals surface area contributed by atoms with Crippen molar-refractivity contribution in [3.8, 4) is 5.69 Å². The van der Waals surface area contributed by atoms with Crippen LogP contribution in [0.2, 0.25) is 5.02 Å². The second kappa shape index (κ2) is 8.33. The Morgan fingerprint density at radius 1 is 1.38 bits per heavy atom. The molecule has 0 spiro atoms. The van der Waals surface area contributed by atoms with Crippen molar-refractivity contribution >= 4 is 23.2 Å². The monoisotopic (exact) mass is 376 g/mol. The number of benzene rings is 1. The van der Waals surface area contributed by atoms with E-state index < -0.39 is 5.56 Å². The van der Waals surface area contributed by atoms with E-state index in [1.54, 1.807) is 37.5 Å². The molecule has 26 heavy (non-hydrogen) atoms. The molecule has 7 nitrogen and oxygen atoms in total. The summed E-state index contributed by atoms with van der Waals surface area (Å²) in [7, 11) is 1.56. The smallest absolute Gasteiger partial charge is 0.292 e. The minimum Gasteiger partial charge on any atom is -0.382 e. The van der Waals surface area contributed by atoms with E-state index in [0.717, 1.165) is 19.4 Å². The van der Waals surface area contributed by atoms with Crippen LogP contribution in [-0.4, -0.2) is 42.5 Å². The van der Waals surface area contributed by atoms with Gasteiger partial charge in [-0.25, -0.2) is 0 Å². The molecule has 0 saturated carbocycles. The van der Waals surface area contributed by atoms with E-state index in [0.29, 0.717) is 36.0 Å². The van der Waals surface area contributed by atoms with Crippen molar-refractivity contribution in [2.75, 3.05) is 32.1 Å². The first-order valence-electron chi connectivity index (χ1n) is 8.52. The number of carbonyl (C=O) groups is 1. The maximum absolute atomic E-state index is 12.5. The van der Waals surface area contributed by atoms with E-state index >= 15 is 0 Å². The summed E-state index contributed by atoms with van der Waals surface area (Å²) in [4.78, 5) is 24.1. The molecule has 1 atom stereocenters. The summed E-state index contributed by atoms with van der Waals surface area (Å²) in [5, 5.41) is 10.0. The molecule has 0 unspecified atom stereocenters. The minimum absolute atomic E-state index is 0.0899. The fourth-order valence-electron chi connectivity index (χ4n) is 2.86. The molecular weight excluding hydrogens is 356 g/mol. The van der Waals surface area contributed by atoms with Crippen LogP contribution in [0, 0.1) is 5.92 Å². The summed E-state index contributed by atoms with van der Waals surface area (Å²) in [6.07, 6.45) is 3.68. The quantitative estimate of drug-likeness (QED) is 0.834. The number of nitrogens with zero attached hydrogens (tertiary/aromatic N) is 2. The van der Waals surface area contributed by atoms with Gasteiger partial charge in [-0.05, 0) is 43.0 Å². The maximum Gasteiger partial charge on any atom is 0.292 e. The molecule has 3 rings (SSSR count). The second-order valence-electron chi connectivity index (χ2n) is 6.18. The first-order valence-corrected chi connectivity index (χ1v) is 8.90. The second-order valence-corrected chi connectivity index (χ2v) is 6.56. The lowest BCUT2D eigenvalue weighted by atomic mass is 10.0. The largest absolute Gasteiger partial charge is 0.382 e. The molecule has 2 N–H and O–H groups in total. The summed E-state index contributed by atoms with van der Waals surface area (Å²) in [5.74, 6) is 0.209. The molecule has 1 aliphatic heterocycles. The van der Waals surface area contributed by atoms with Gasteiger partial charge < -0.3 is 15.4 Å². The summed E-state index contributed by atoms with van der Waals surface area (Å²) in [5.41, 5.74) is 1.14. The normalized spacial score (nSPS) is 16.9. The Labute approximate surface area is 156 Å². The van der Waals surface area contributed by atoms with Crippen molar-refractivity contribution in [3.05, 3.63) is 51.4 Å². The van der Waals surface area contributed by atoms with Gasteiger partial charge in [-0.15, -0.1) is 0 Å². The Morgan fingerprint density at radius 2 is 2.15 bits per heavy atom. The summed E-state index contributed by atoms with van der Waals surface area (Å²) in [6, 6.07) is 6.57. The molecule has 1 fully saturated rings. The minimum atomic E-state index is -0.413. The molecule has 1 amide bonds. The van der Waals surface area contributed by atoms with E-state index in [1.807, 2.05) is 0 Å². The lowest BCUT2D eigenvalue weighted by molar-refractivity contribution is 0.0595. The van der Waals surface area contributed by atoms with Crippen LogP contribution in [0.4, 0.5) is 5.69 Å². The van der Waals surface area contributed by atoms with Gasteiger partial charge in [-0.1, -0.05) is 11.6 Å². The van der Waals surface area contributed by atoms with Crippen molar-refractivity contribution in [1.82, 2.24) is 15.1 Å². The average molecular weight is 377 g/mol. The van der Waals surface area contributed by atoms with Gasteiger partial charge in [0, 0.05) is 25.8 Å². The number of anilines is 1. The Bertz CT molecular complexity index is 829. The molecule has 2 aromatic rings. The van der Waals surface area contributed by atoms with Gasteiger partial charge in [0.1, 0.15) is 5.02 Å². The molecule has 1 aliphatic rings. The first-order chi connectivity index (χ1) is 12.6. The number of nitrogens with one attached hydrogen (secondary N) is 2. The number of halogens is 1. The molecule has 1 aromatic heterocycles. The van der Waals surface area contributed by atoms with Gasteiger partial charge >= 0.3 is 0 Å². The lowest BCUT2D eigenvalue weighted by Gasteiger charge is -2.22. The zero-order valence-corrected chi connectivity index (χ0v) is 15.3. The molecule has 8 heteroatoms. The highest BCUT2D eigenvalue weighted by molar-refractivity contribution is 6.32. The van der Waals surface area contributed by atoms with Crippen molar-refractivity contribution in [3.63, 3.8) is 0 Å². The van der Waals surface area contributed by atoms with E-state index in [9.17, 15) is 9.59 Å². The molecule has 1 aromatic carbocycles. The molecule has 0 bridgehead atoms. The fourth-order valence-corrected chi connectivity index (χ4v) is 3.06. The Kier molecular flexibility index (Phi) is 5.90.